The molecular weight excluding hydrogens is 252 g/mol. The van der Waals surface area contributed by atoms with E-state index in [1.807, 2.05) is 0 Å². The van der Waals surface area contributed by atoms with E-state index in [4.69, 9.17) is 9.84 Å². The molecule has 1 aromatic carbocycles. The molecule has 2 aromatic rings. The quantitative estimate of drug-likeness (QED) is 0.819. The van der Waals surface area contributed by atoms with E-state index in [9.17, 15) is 14.4 Å². The van der Waals surface area contributed by atoms with Crippen LogP contribution in [0.5, 0.6) is 5.75 Å². The molecule has 0 atom stereocenters. The molecule has 0 amide bonds. The van der Waals surface area contributed by atoms with Gasteiger partial charge in [-0.1, -0.05) is 0 Å². The van der Waals surface area contributed by atoms with Gasteiger partial charge in [0.2, 0.25) is 0 Å². The Labute approximate surface area is 107 Å². The van der Waals surface area contributed by atoms with Crippen LogP contribution in [-0.4, -0.2) is 27.7 Å². The smallest absolute Gasteiger partial charge is 0.328 e. The number of methoxy groups -OCH3 is 1. The fourth-order valence-corrected chi connectivity index (χ4v) is 1.77. The predicted octanol–water partition coefficient (Wildman–Crippen LogP) is 0.173. The number of nitrogens with one attached hydrogen (secondary N) is 1. The number of carboxylic acid groups (broad SMARTS) is 1. The topological polar surface area (TPSA) is 101 Å². The van der Waals surface area contributed by atoms with Crippen molar-refractivity contribution in [2.24, 2.45) is 0 Å². The van der Waals surface area contributed by atoms with E-state index in [1.165, 1.54) is 13.2 Å². The molecule has 19 heavy (non-hydrogen) atoms. The Hall–Kier alpha value is -2.57. The summed E-state index contributed by atoms with van der Waals surface area (Å²) in [5.41, 5.74) is -0.782. The number of fused-ring (bicyclic) bond motifs is 1. The molecule has 0 bridgehead atoms. The molecule has 0 saturated carbocycles. The molecule has 0 unspecified atom stereocenters. The first-order chi connectivity index (χ1) is 9.02. The Bertz CT molecular complexity index is 744. The average Bonchev–Trinajstić information content (AvgIpc) is 2.37. The summed E-state index contributed by atoms with van der Waals surface area (Å²) in [6, 6.07) is 4.67. The van der Waals surface area contributed by atoms with Crippen molar-refractivity contribution in [3.05, 3.63) is 39.0 Å². The first-order valence-electron chi connectivity index (χ1n) is 5.55. The SMILES string of the molecule is COc1ccc2c(=O)n(CCC(=O)O)c(=O)[nH]c2c1. The second-order valence-electron chi connectivity index (χ2n) is 3.94. The van der Waals surface area contributed by atoms with Gasteiger partial charge in [-0.2, -0.15) is 0 Å². The lowest BCUT2D eigenvalue weighted by Gasteiger charge is -2.06. The standard InChI is InChI=1S/C12H12N2O5/c1-19-7-2-3-8-9(6-7)13-12(18)14(11(8)17)5-4-10(15)16/h2-3,6H,4-5H2,1H3,(H,13,18)(H,15,16). The number of hydrogen-bond donors (Lipinski definition) is 2. The molecule has 0 aliphatic heterocycles. The molecule has 1 aromatic heterocycles. The van der Waals surface area contributed by atoms with Gasteiger partial charge in [0.1, 0.15) is 5.75 Å². The second-order valence-corrected chi connectivity index (χ2v) is 3.94. The van der Waals surface area contributed by atoms with Gasteiger partial charge in [-0.05, 0) is 12.1 Å². The summed E-state index contributed by atoms with van der Waals surface area (Å²) < 4.78 is 5.88. The van der Waals surface area contributed by atoms with Gasteiger partial charge < -0.3 is 14.8 Å². The van der Waals surface area contributed by atoms with Crippen LogP contribution in [0.1, 0.15) is 6.42 Å². The van der Waals surface area contributed by atoms with Gasteiger partial charge >= 0.3 is 11.7 Å². The molecule has 7 nitrogen and oxygen atoms in total. The highest BCUT2D eigenvalue weighted by Crippen LogP contribution is 2.15. The van der Waals surface area contributed by atoms with Crippen molar-refractivity contribution in [3.8, 4) is 5.75 Å². The minimum atomic E-state index is -1.07. The Kier molecular flexibility index (Phi) is 3.37. The summed E-state index contributed by atoms with van der Waals surface area (Å²) in [6.07, 6.45) is -0.287. The van der Waals surface area contributed by atoms with Crippen molar-refractivity contribution < 1.29 is 14.6 Å². The van der Waals surface area contributed by atoms with E-state index < -0.39 is 17.2 Å². The highest BCUT2D eigenvalue weighted by atomic mass is 16.5. The van der Waals surface area contributed by atoms with Gasteiger partial charge in [-0.3, -0.25) is 14.2 Å². The molecule has 0 radical (unpaired) electrons. The average molecular weight is 264 g/mol. The fraction of sp³-hybridized carbons (Fsp3) is 0.250. The number of hydrogen-bond acceptors (Lipinski definition) is 4. The number of benzene rings is 1. The maximum absolute atomic E-state index is 12.1. The van der Waals surface area contributed by atoms with Crippen molar-refractivity contribution in [2.45, 2.75) is 13.0 Å². The Morgan fingerprint density at radius 3 is 2.79 bits per heavy atom. The minimum absolute atomic E-state index is 0.161. The van der Waals surface area contributed by atoms with E-state index in [0.29, 0.717) is 16.7 Å². The molecule has 0 fully saturated rings. The molecule has 0 spiro atoms. The second kappa shape index (κ2) is 4.97. The van der Waals surface area contributed by atoms with Crippen LogP contribution >= 0.6 is 0 Å². The summed E-state index contributed by atoms with van der Waals surface area (Å²) >= 11 is 0. The largest absolute Gasteiger partial charge is 0.497 e. The Balaban J connectivity index is 2.59. The molecule has 0 aliphatic rings. The van der Waals surface area contributed by atoms with Crippen LogP contribution in [0.15, 0.2) is 27.8 Å². The van der Waals surface area contributed by atoms with Crippen LogP contribution in [0.4, 0.5) is 0 Å². The maximum atomic E-state index is 12.1. The third kappa shape index (κ3) is 2.49. The van der Waals surface area contributed by atoms with E-state index >= 15 is 0 Å². The van der Waals surface area contributed by atoms with Crippen LogP contribution < -0.4 is 16.0 Å². The van der Waals surface area contributed by atoms with Crippen molar-refractivity contribution in [1.29, 1.82) is 0 Å². The van der Waals surface area contributed by atoms with Gasteiger partial charge in [-0.25, -0.2) is 4.79 Å². The molecule has 1 heterocycles. The zero-order chi connectivity index (χ0) is 14.0. The van der Waals surface area contributed by atoms with E-state index in [2.05, 4.69) is 4.98 Å². The van der Waals surface area contributed by atoms with E-state index in [1.54, 1.807) is 12.1 Å². The third-order valence-electron chi connectivity index (χ3n) is 2.74. The first kappa shape index (κ1) is 12.9. The number of aliphatic carboxylic acids is 1. The number of carbonyl (C=O) groups is 1. The summed E-state index contributed by atoms with van der Waals surface area (Å²) in [4.78, 5) is 36.8. The Morgan fingerprint density at radius 2 is 2.16 bits per heavy atom. The van der Waals surface area contributed by atoms with Crippen LogP contribution in [0.25, 0.3) is 10.9 Å². The lowest BCUT2D eigenvalue weighted by atomic mass is 10.2. The van der Waals surface area contributed by atoms with Gasteiger partial charge in [0.05, 0.1) is 24.4 Å². The molecule has 7 heteroatoms. The van der Waals surface area contributed by atoms with E-state index in [-0.39, 0.29) is 13.0 Å². The Morgan fingerprint density at radius 1 is 1.42 bits per heavy atom. The molecule has 2 N–H and O–H groups in total. The lowest BCUT2D eigenvalue weighted by molar-refractivity contribution is -0.137. The van der Waals surface area contributed by atoms with Gasteiger partial charge in [-0.15, -0.1) is 0 Å². The van der Waals surface area contributed by atoms with Crippen LogP contribution in [0, 0.1) is 0 Å². The third-order valence-corrected chi connectivity index (χ3v) is 2.74. The van der Waals surface area contributed by atoms with Crippen LogP contribution in [0.2, 0.25) is 0 Å². The van der Waals surface area contributed by atoms with Crippen LogP contribution in [0.3, 0.4) is 0 Å². The summed E-state index contributed by atoms with van der Waals surface area (Å²) in [6.45, 7) is -0.161. The summed E-state index contributed by atoms with van der Waals surface area (Å²) in [5, 5.41) is 8.90. The number of H-pyrrole nitrogens is 1. The van der Waals surface area contributed by atoms with Gasteiger partial charge in [0, 0.05) is 12.6 Å². The summed E-state index contributed by atoms with van der Waals surface area (Å²) in [5.74, 6) is -0.549. The molecular formula is C12H12N2O5. The first-order valence-corrected chi connectivity index (χ1v) is 5.55. The zero-order valence-corrected chi connectivity index (χ0v) is 10.2. The van der Waals surface area contributed by atoms with E-state index in [0.717, 1.165) is 4.57 Å². The normalized spacial score (nSPS) is 10.6. The zero-order valence-electron chi connectivity index (χ0n) is 10.2. The van der Waals surface area contributed by atoms with Crippen molar-refractivity contribution >= 4 is 16.9 Å². The van der Waals surface area contributed by atoms with Crippen LogP contribution in [-0.2, 0) is 11.3 Å². The molecule has 2 rings (SSSR count). The minimum Gasteiger partial charge on any atom is -0.497 e. The monoisotopic (exact) mass is 264 g/mol. The highest BCUT2D eigenvalue weighted by Gasteiger charge is 2.09. The lowest BCUT2D eigenvalue weighted by Crippen LogP contribution is -2.35. The summed E-state index contributed by atoms with van der Waals surface area (Å²) in [7, 11) is 1.48. The van der Waals surface area contributed by atoms with Crippen molar-refractivity contribution in [3.63, 3.8) is 0 Å². The number of rotatable bonds is 4. The number of carboxylic acids is 1. The predicted molar refractivity (Wildman–Crippen MR) is 67.6 cm³/mol. The number of ether oxygens (including phenoxy) is 1. The number of nitrogens with zero attached hydrogens (tertiary/aromatic N) is 1. The van der Waals surface area contributed by atoms with Gasteiger partial charge in [0.15, 0.2) is 0 Å². The fourth-order valence-electron chi connectivity index (χ4n) is 1.77. The van der Waals surface area contributed by atoms with Crippen molar-refractivity contribution in [1.82, 2.24) is 9.55 Å². The molecule has 100 valence electrons. The molecule has 0 saturated heterocycles. The number of aromatic nitrogens is 2. The maximum Gasteiger partial charge on any atom is 0.328 e. The van der Waals surface area contributed by atoms with Gasteiger partial charge in [0.25, 0.3) is 5.56 Å². The number of aromatic amines is 1. The molecule has 0 aliphatic carbocycles. The highest BCUT2D eigenvalue weighted by molar-refractivity contribution is 5.78. The van der Waals surface area contributed by atoms with Crippen molar-refractivity contribution in [2.75, 3.05) is 7.11 Å².